The molecule has 2 heterocycles. The van der Waals surface area contributed by atoms with Crippen molar-refractivity contribution in [3.8, 4) is 0 Å². The third-order valence-electron chi connectivity index (χ3n) is 11.6. The number of ether oxygens (including phenoxy) is 8. The number of rotatable bonds is 37. The van der Waals surface area contributed by atoms with E-state index in [0.29, 0.717) is 24.8 Å². The van der Waals surface area contributed by atoms with Gasteiger partial charge in [0.2, 0.25) is 0 Å². The zero-order valence-electron chi connectivity index (χ0n) is 37.9. The Kier molecular flexibility index (Phi) is 27.1. The number of cyclic esters (lactones) is 1. The van der Waals surface area contributed by atoms with Gasteiger partial charge in [-0.2, -0.15) is 8.42 Å². The molecule has 60 heavy (non-hydrogen) atoms. The lowest BCUT2D eigenvalue weighted by Crippen LogP contribution is -2.34. The van der Waals surface area contributed by atoms with Crippen LogP contribution in [0.25, 0.3) is 0 Å². The second kappa shape index (κ2) is 31.0. The maximum Gasteiger partial charge on any atom is 0.337 e. The van der Waals surface area contributed by atoms with E-state index in [1.807, 2.05) is 13.8 Å². The summed E-state index contributed by atoms with van der Waals surface area (Å²) in [7, 11) is 0.873. The molecule has 0 saturated carbocycles. The highest BCUT2D eigenvalue weighted by atomic mass is 32.2. The van der Waals surface area contributed by atoms with Crippen LogP contribution in [-0.4, -0.2) is 98.8 Å². The molecule has 0 N–H and O–H groups in total. The van der Waals surface area contributed by atoms with Crippen LogP contribution in [0.5, 0.6) is 0 Å². The first-order chi connectivity index (χ1) is 29.1. The smallest absolute Gasteiger partial charge is 0.337 e. The molecule has 13 heteroatoms. The molecule has 0 aliphatic carbocycles. The summed E-state index contributed by atoms with van der Waals surface area (Å²) >= 11 is 0. The lowest BCUT2D eigenvalue weighted by Gasteiger charge is -2.27. The molecular formula is C47H80O12S. The maximum atomic E-state index is 13.4. The molecule has 0 amide bonds. The maximum absolute atomic E-state index is 13.4. The molecule has 1 aromatic rings. The Morgan fingerprint density at radius 3 is 1.65 bits per heavy atom. The second-order valence-corrected chi connectivity index (χ2v) is 18.3. The number of benzene rings is 1. The lowest BCUT2D eigenvalue weighted by atomic mass is 9.98. The van der Waals surface area contributed by atoms with Gasteiger partial charge in [-0.25, -0.2) is 4.79 Å². The van der Waals surface area contributed by atoms with E-state index >= 15 is 0 Å². The predicted molar refractivity (Wildman–Crippen MR) is 233 cm³/mol. The largest absolute Gasteiger partial charge is 0.455 e. The van der Waals surface area contributed by atoms with Crippen molar-refractivity contribution >= 4 is 16.1 Å². The summed E-state index contributed by atoms with van der Waals surface area (Å²) in [5, 5.41) is 0. The van der Waals surface area contributed by atoms with Crippen molar-refractivity contribution in [3.05, 3.63) is 41.5 Å². The van der Waals surface area contributed by atoms with E-state index in [4.69, 9.17) is 42.1 Å². The van der Waals surface area contributed by atoms with Crippen LogP contribution in [0, 0.1) is 6.92 Å². The number of carbonyl (C=O) groups is 1. The van der Waals surface area contributed by atoms with Crippen LogP contribution < -0.4 is 0 Å². The summed E-state index contributed by atoms with van der Waals surface area (Å²) in [5.74, 6) is -0.354. The minimum absolute atomic E-state index is 0.0174. The molecule has 0 aromatic heterocycles. The van der Waals surface area contributed by atoms with Gasteiger partial charge in [0.05, 0.1) is 47.1 Å². The average molecular weight is 869 g/mol. The van der Waals surface area contributed by atoms with Gasteiger partial charge in [-0.3, -0.25) is 4.18 Å². The molecule has 346 valence electrons. The zero-order valence-corrected chi connectivity index (χ0v) is 38.7. The van der Waals surface area contributed by atoms with Crippen molar-refractivity contribution in [2.75, 3.05) is 41.7 Å². The molecule has 3 rings (SSSR count). The van der Waals surface area contributed by atoms with E-state index in [9.17, 15) is 13.2 Å². The number of methoxy groups -OCH3 is 3. The highest BCUT2D eigenvalue weighted by Gasteiger charge is 2.37. The van der Waals surface area contributed by atoms with E-state index in [1.54, 1.807) is 51.7 Å². The first-order valence-corrected chi connectivity index (χ1v) is 24.4. The van der Waals surface area contributed by atoms with E-state index in [1.165, 1.54) is 57.8 Å². The molecular weight excluding hydrogens is 789 g/mol. The topological polar surface area (TPSA) is 134 Å². The van der Waals surface area contributed by atoms with Crippen LogP contribution in [0.4, 0.5) is 0 Å². The van der Waals surface area contributed by atoms with Gasteiger partial charge in [-0.1, -0.05) is 121 Å². The van der Waals surface area contributed by atoms with Gasteiger partial charge in [0.15, 0.2) is 0 Å². The Morgan fingerprint density at radius 1 is 0.650 bits per heavy atom. The number of hydrogen-bond donors (Lipinski definition) is 0. The van der Waals surface area contributed by atoms with Crippen molar-refractivity contribution < 1.29 is 55.3 Å². The summed E-state index contributed by atoms with van der Waals surface area (Å²) < 4.78 is 78.7. The average Bonchev–Trinajstić information content (AvgIpc) is 3.86. The molecule has 0 spiro atoms. The molecule has 12 nitrogen and oxygen atoms in total. The van der Waals surface area contributed by atoms with Gasteiger partial charge in [0.25, 0.3) is 10.1 Å². The van der Waals surface area contributed by atoms with Gasteiger partial charge in [0.1, 0.15) is 26.5 Å². The monoisotopic (exact) mass is 869 g/mol. The van der Waals surface area contributed by atoms with Crippen LogP contribution >= 0.6 is 0 Å². The van der Waals surface area contributed by atoms with Crippen LogP contribution in [-0.2, 0) is 57.0 Å². The normalized spacial score (nSPS) is 20.3. The highest BCUT2D eigenvalue weighted by Crippen LogP contribution is 2.32. The van der Waals surface area contributed by atoms with Crippen molar-refractivity contribution in [2.24, 2.45) is 0 Å². The molecule has 1 fully saturated rings. The van der Waals surface area contributed by atoms with Crippen LogP contribution in [0.3, 0.4) is 0 Å². The molecule has 1 aromatic carbocycles. The van der Waals surface area contributed by atoms with Gasteiger partial charge in [-0.15, -0.1) is 0 Å². The van der Waals surface area contributed by atoms with Crippen LogP contribution in [0.1, 0.15) is 161 Å². The van der Waals surface area contributed by atoms with Crippen molar-refractivity contribution in [1.82, 2.24) is 0 Å². The molecule has 2 aliphatic rings. The van der Waals surface area contributed by atoms with Gasteiger partial charge in [-0.05, 0) is 77.0 Å². The molecule has 1 unspecified atom stereocenters. The number of carbonyl (C=O) groups excluding carboxylic acids is 1. The summed E-state index contributed by atoms with van der Waals surface area (Å²) in [4.78, 5) is 12.5. The van der Waals surface area contributed by atoms with E-state index in [0.717, 1.165) is 69.8 Å². The fraction of sp³-hybridized carbons (Fsp3) is 0.809. The zero-order chi connectivity index (χ0) is 43.4. The van der Waals surface area contributed by atoms with Crippen molar-refractivity contribution in [2.45, 2.75) is 210 Å². The summed E-state index contributed by atoms with van der Waals surface area (Å²) in [6.07, 6.45) is 22.4. The Hall–Kier alpha value is -1.94. The van der Waals surface area contributed by atoms with Crippen LogP contribution in [0.2, 0.25) is 0 Å². The van der Waals surface area contributed by atoms with Crippen LogP contribution in [0.15, 0.2) is 40.8 Å². The quantitative estimate of drug-likeness (QED) is 0.0273. The number of unbranched alkanes of at least 4 members (excludes halogenated alkanes) is 12. The second-order valence-electron chi connectivity index (χ2n) is 16.7. The number of hydrogen-bond acceptors (Lipinski definition) is 12. The fourth-order valence-corrected chi connectivity index (χ4v) is 9.35. The predicted octanol–water partition coefficient (Wildman–Crippen LogP) is 10.3. The van der Waals surface area contributed by atoms with E-state index in [2.05, 4.69) is 6.92 Å². The van der Waals surface area contributed by atoms with Crippen molar-refractivity contribution in [3.63, 3.8) is 0 Å². The SMILES string of the molecule is CCCCCCCCCCCC[C@H](OCOC)[C@@H]1CC[C@@H]([C@H](CCCCC(CCCCC[C@@H](OCOC)C2=C[C@H](C)OC2=O)OS(=O)(=O)c2ccc(C)cc2)OCOC)O1. The standard InChI is InChI=1S/C47H80O12S/c1-7-8-9-10-11-12-13-14-15-18-25-43(55-35-52-5)45-31-32-46(58-45)44(56-36-53-6)26-21-20-23-39(59-60(49,50)40-29-27-37(2)28-30-40)22-17-16-19-24-42(54-34-51-4)41-33-38(3)57-47(41)48/h27-30,33,38-39,42-46H,7-26,31-32,34-36H2,1-6H3/t38-,39?,42+,43-,44-,45-,46-/m0/s1. The van der Waals surface area contributed by atoms with Gasteiger partial charge >= 0.3 is 5.97 Å². The van der Waals surface area contributed by atoms with Crippen molar-refractivity contribution in [1.29, 1.82) is 0 Å². The van der Waals surface area contributed by atoms with E-state index < -0.39 is 22.3 Å². The molecule has 2 aliphatic heterocycles. The summed E-state index contributed by atoms with van der Waals surface area (Å²) in [5.41, 5.74) is 1.50. The minimum atomic E-state index is -3.96. The summed E-state index contributed by atoms with van der Waals surface area (Å²) in [6.45, 7) is 6.50. The Morgan fingerprint density at radius 2 is 1.12 bits per heavy atom. The van der Waals surface area contributed by atoms with E-state index in [-0.39, 0.29) is 61.8 Å². The Labute approximate surface area is 363 Å². The molecule has 0 radical (unpaired) electrons. The Balaban J connectivity index is 1.52. The third-order valence-corrected chi connectivity index (χ3v) is 12.9. The molecule has 1 saturated heterocycles. The lowest BCUT2D eigenvalue weighted by molar-refractivity contribution is -0.159. The Bertz CT molecular complexity index is 1400. The summed E-state index contributed by atoms with van der Waals surface area (Å²) in [6, 6.07) is 6.76. The number of esters is 1. The molecule has 0 bridgehead atoms. The first kappa shape index (κ1) is 52.4. The fourth-order valence-electron chi connectivity index (χ4n) is 8.22. The van der Waals surface area contributed by atoms with Gasteiger partial charge < -0.3 is 37.9 Å². The molecule has 7 atom stereocenters. The first-order valence-electron chi connectivity index (χ1n) is 23.0. The highest BCUT2D eigenvalue weighted by molar-refractivity contribution is 7.86. The van der Waals surface area contributed by atoms with Gasteiger partial charge in [0, 0.05) is 21.3 Å². The number of aryl methyl sites for hydroxylation is 1. The minimum Gasteiger partial charge on any atom is -0.455 e. The third kappa shape index (κ3) is 20.5.